The second-order valence-corrected chi connectivity index (χ2v) is 4.60. The minimum Gasteiger partial charge on any atom is -0.338 e. The number of likely N-dealkylation sites (N-methyl/N-ethyl adjacent to an activating group) is 1. The molecule has 1 aliphatic rings. The Morgan fingerprint density at radius 3 is 2.78 bits per heavy atom. The first-order chi connectivity index (χ1) is 8.31. The third-order valence-electron chi connectivity index (χ3n) is 3.34. The molecule has 0 aromatic heterocycles. The smallest absolute Gasteiger partial charge is 0.227 e. The van der Waals surface area contributed by atoms with E-state index in [1.807, 2.05) is 42.3 Å². The maximum atomic E-state index is 12.2. The fraction of sp³-hybridized carbons (Fsp3) is 0.500. The Labute approximate surface area is 115 Å². The van der Waals surface area contributed by atoms with Gasteiger partial charge in [0.15, 0.2) is 0 Å². The third kappa shape index (κ3) is 3.72. The van der Waals surface area contributed by atoms with E-state index in [1.165, 1.54) is 0 Å². The number of nitrogens with zero attached hydrogens (tertiary/aromatic N) is 1. The van der Waals surface area contributed by atoms with E-state index in [2.05, 4.69) is 5.32 Å². The quantitative estimate of drug-likeness (QED) is 0.904. The highest BCUT2D eigenvalue weighted by Gasteiger charge is 2.27. The molecule has 18 heavy (non-hydrogen) atoms. The minimum atomic E-state index is 0. The summed E-state index contributed by atoms with van der Waals surface area (Å²) in [6.07, 6.45) is 2.79. The first kappa shape index (κ1) is 15.0. The number of halogens is 1. The number of likely N-dealkylation sites (tertiary alicyclic amines) is 1. The van der Waals surface area contributed by atoms with Crippen molar-refractivity contribution in [3.05, 3.63) is 35.9 Å². The molecule has 0 aliphatic carbocycles. The molecule has 1 saturated heterocycles. The second kappa shape index (κ2) is 7.39. The Balaban J connectivity index is 0.00000162. The predicted molar refractivity (Wildman–Crippen MR) is 76.1 cm³/mol. The Hall–Kier alpha value is -1.06. The lowest BCUT2D eigenvalue weighted by Crippen LogP contribution is -2.41. The number of carbonyl (C=O) groups excluding carboxylic acids is 1. The van der Waals surface area contributed by atoms with Crippen molar-refractivity contribution in [2.75, 3.05) is 20.1 Å². The van der Waals surface area contributed by atoms with Gasteiger partial charge in [-0.05, 0) is 25.5 Å². The number of hydrogen-bond donors (Lipinski definition) is 1. The van der Waals surface area contributed by atoms with E-state index >= 15 is 0 Å². The van der Waals surface area contributed by atoms with Crippen LogP contribution in [0.1, 0.15) is 18.4 Å². The number of benzene rings is 1. The molecule has 1 fully saturated rings. The van der Waals surface area contributed by atoms with E-state index in [0.717, 1.165) is 31.5 Å². The molecule has 1 aromatic carbocycles. The standard InChI is InChI=1S/C14H20N2O.ClH/c1-15-11-13-8-5-9-16(13)14(17)10-12-6-3-2-4-7-12;/h2-4,6-7,13,15H,5,8-11H2,1H3;1H. The van der Waals surface area contributed by atoms with Crippen LogP contribution in [-0.4, -0.2) is 37.0 Å². The fourth-order valence-corrected chi connectivity index (χ4v) is 2.48. The lowest BCUT2D eigenvalue weighted by atomic mass is 10.1. The molecule has 1 N–H and O–H groups in total. The molecule has 100 valence electrons. The van der Waals surface area contributed by atoms with Crippen molar-refractivity contribution in [2.45, 2.75) is 25.3 Å². The number of amides is 1. The van der Waals surface area contributed by atoms with E-state index in [1.54, 1.807) is 0 Å². The van der Waals surface area contributed by atoms with Gasteiger partial charge in [-0.25, -0.2) is 0 Å². The fourth-order valence-electron chi connectivity index (χ4n) is 2.48. The normalized spacial score (nSPS) is 18.5. The molecule has 4 heteroatoms. The maximum Gasteiger partial charge on any atom is 0.227 e. The molecule has 2 rings (SSSR count). The summed E-state index contributed by atoms with van der Waals surface area (Å²) in [5, 5.41) is 3.16. The van der Waals surface area contributed by atoms with Crippen LogP contribution in [0.25, 0.3) is 0 Å². The van der Waals surface area contributed by atoms with E-state index in [-0.39, 0.29) is 18.3 Å². The van der Waals surface area contributed by atoms with Crippen molar-refractivity contribution >= 4 is 18.3 Å². The molecule has 1 atom stereocenters. The molecular formula is C14H21ClN2O. The van der Waals surface area contributed by atoms with Crippen LogP contribution in [0.4, 0.5) is 0 Å². The lowest BCUT2D eigenvalue weighted by Gasteiger charge is -2.24. The number of nitrogens with one attached hydrogen (secondary N) is 1. The van der Waals surface area contributed by atoms with E-state index in [4.69, 9.17) is 0 Å². The van der Waals surface area contributed by atoms with Crippen molar-refractivity contribution < 1.29 is 4.79 Å². The van der Waals surface area contributed by atoms with Gasteiger partial charge in [-0.15, -0.1) is 12.4 Å². The Kier molecular flexibility index (Phi) is 6.16. The number of rotatable bonds is 4. The highest BCUT2D eigenvalue weighted by Crippen LogP contribution is 2.18. The van der Waals surface area contributed by atoms with Crippen LogP contribution in [0.2, 0.25) is 0 Å². The molecule has 3 nitrogen and oxygen atoms in total. The first-order valence-electron chi connectivity index (χ1n) is 6.29. The predicted octanol–water partition coefficient (Wildman–Crippen LogP) is 1.86. The molecule has 0 radical (unpaired) electrons. The van der Waals surface area contributed by atoms with Crippen molar-refractivity contribution in [2.24, 2.45) is 0 Å². The van der Waals surface area contributed by atoms with Gasteiger partial charge in [0.05, 0.1) is 6.42 Å². The zero-order valence-corrected chi connectivity index (χ0v) is 11.6. The second-order valence-electron chi connectivity index (χ2n) is 4.60. The van der Waals surface area contributed by atoms with Crippen LogP contribution in [0.15, 0.2) is 30.3 Å². The van der Waals surface area contributed by atoms with Crippen LogP contribution in [0.3, 0.4) is 0 Å². The number of hydrogen-bond acceptors (Lipinski definition) is 2. The van der Waals surface area contributed by atoms with Gasteiger partial charge in [-0.1, -0.05) is 30.3 Å². The summed E-state index contributed by atoms with van der Waals surface area (Å²) in [5.74, 6) is 0.258. The Bertz CT molecular complexity index is 369. The zero-order valence-electron chi connectivity index (χ0n) is 10.8. The highest BCUT2D eigenvalue weighted by atomic mass is 35.5. The topological polar surface area (TPSA) is 32.3 Å². The van der Waals surface area contributed by atoms with Crippen molar-refractivity contribution in [3.63, 3.8) is 0 Å². The van der Waals surface area contributed by atoms with E-state index in [0.29, 0.717) is 12.5 Å². The minimum absolute atomic E-state index is 0. The van der Waals surface area contributed by atoms with Crippen LogP contribution < -0.4 is 5.32 Å². The summed E-state index contributed by atoms with van der Waals surface area (Å²) in [4.78, 5) is 14.2. The van der Waals surface area contributed by atoms with Gasteiger partial charge in [0.2, 0.25) is 5.91 Å². The van der Waals surface area contributed by atoms with Crippen LogP contribution in [0.5, 0.6) is 0 Å². The summed E-state index contributed by atoms with van der Waals surface area (Å²) in [6, 6.07) is 10.4. The Morgan fingerprint density at radius 2 is 2.11 bits per heavy atom. The molecular weight excluding hydrogens is 248 g/mol. The average Bonchev–Trinajstić information content (AvgIpc) is 2.79. The van der Waals surface area contributed by atoms with Crippen molar-refractivity contribution in [3.8, 4) is 0 Å². The third-order valence-corrected chi connectivity index (χ3v) is 3.34. The average molecular weight is 269 g/mol. The lowest BCUT2D eigenvalue weighted by molar-refractivity contribution is -0.131. The summed E-state index contributed by atoms with van der Waals surface area (Å²) >= 11 is 0. The van der Waals surface area contributed by atoms with Crippen LogP contribution in [-0.2, 0) is 11.2 Å². The van der Waals surface area contributed by atoms with Gasteiger partial charge in [0, 0.05) is 19.1 Å². The van der Waals surface area contributed by atoms with Gasteiger partial charge in [-0.3, -0.25) is 4.79 Å². The molecule has 1 aliphatic heterocycles. The van der Waals surface area contributed by atoms with Crippen LogP contribution >= 0.6 is 12.4 Å². The summed E-state index contributed by atoms with van der Waals surface area (Å²) in [7, 11) is 1.94. The molecule has 1 aromatic rings. The molecule has 0 saturated carbocycles. The molecule has 1 amide bonds. The highest BCUT2D eigenvalue weighted by molar-refractivity contribution is 5.85. The van der Waals surface area contributed by atoms with Crippen molar-refractivity contribution in [1.82, 2.24) is 10.2 Å². The number of carbonyl (C=O) groups is 1. The summed E-state index contributed by atoms with van der Waals surface area (Å²) < 4.78 is 0. The Morgan fingerprint density at radius 1 is 1.39 bits per heavy atom. The van der Waals surface area contributed by atoms with E-state index < -0.39 is 0 Å². The van der Waals surface area contributed by atoms with E-state index in [9.17, 15) is 4.79 Å². The summed E-state index contributed by atoms with van der Waals surface area (Å²) in [5.41, 5.74) is 1.10. The molecule has 1 heterocycles. The van der Waals surface area contributed by atoms with Crippen molar-refractivity contribution in [1.29, 1.82) is 0 Å². The largest absolute Gasteiger partial charge is 0.338 e. The summed E-state index contributed by atoms with van der Waals surface area (Å²) in [6.45, 7) is 1.82. The van der Waals surface area contributed by atoms with Gasteiger partial charge in [0.25, 0.3) is 0 Å². The SMILES string of the molecule is CNCC1CCCN1C(=O)Cc1ccccc1.Cl. The monoisotopic (exact) mass is 268 g/mol. The maximum absolute atomic E-state index is 12.2. The van der Waals surface area contributed by atoms with Gasteiger partial charge in [-0.2, -0.15) is 0 Å². The van der Waals surface area contributed by atoms with Gasteiger partial charge >= 0.3 is 0 Å². The molecule has 0 bridgehead atoms. The first-order valence-corrected chi connectivity index (χ1v) is 6.29. The van der Waals surface area contributed by atoms with Gasteiger partial charge in [0.1, 0.15) is 0 Å². The molecule has 1 unspecified atom stereocenters. The van der Waals surface area contributed by atoms with Gasteiger partial charge < -0.3 is 10.2 Å². The zero-order chi connectivity index (χ0) is 12.1. The molecule has 0 spiro atoms. The van der Waals surface area contributed by atoms with Crippen LogP contribution in [0, 0.1) is 0 Å².